The summed E-state index contributed by atoms with van der Waals surface area (Å²) < 4.78 is 53.3. The summed E-state index contributed by atoms with van der Waals surface area (Å²) in [6.45, 7) is 1.53. The average molecular weight is 339 g/mol. The highest BCUT2D eigenvalue weighted by molar-refractivity contribution is 7.97. The number of hydrogen-bond donors (Lipinski definition) is 1. The predicted molar refractivity (Wildman–Crippen MR) is 76.3 cm³/mol. The summed E-state index contributed by atoms with van der Waals surface area (Å²) >= 11 is 1.68. The fraction of sp³-hybridized carbons (Fsp3) is 0.300. The molecule has 112 valence electrons. The number of fused-ring (bicyclic) bond motifs is 1. The van der Waals surface area contributed by atoms with Gasteiger partial charge in [0.05, 0.1) is 21.5 Å². The molecule has 0 radical (unpaired) electrons. The van der Waals surface area contributed by atoms with E-state index in [-0.39, 0.29) is 6.42 Å². The van der Waals surface area contributed by atoms with E-state index < -0.39 is 26.3 Å². The van der Waals surface area contributed by atoms with Crippen LogP contribution >= 0.6 is 11.3 Å². The summed E-state index contributed by atoms with van der Waals surface area (Å²) in [5.41, 5.74) is 2.97. The second-order valence-electron chi connectivity index (χ2n) is 3.58. The third-order valence-corrected chi connectivity index (χ3v) is 5.12. The van der Waals surface area contributed by atoms with Crippen molar-refractivity contribution in [1.29, 1.82) is 0 Å². The normalized spacial score (nSPS) is 11.9. The zero-order valence-corrected chi connectivity index (χ0v) is 12.9. The SMILES string of the molecule is CCCS(=O)(=O)OS(=O)(=O)O.c1ccc2scnc2c1. The molecule has 0 bridgehead atoms. The van der Waals surface area contributed by atoms with Crippen LogP contribution in [0.4, 0.5) is 0 Å². The smallest absolute Gasteiger partial charge is 0.263 e. The second-order valence-corrected chi connectivity index (χ2v) is 7.39. The van der Waals surface area contributed by atoms with Gasteiger partial charge >= 0.3 is 10.4 Å². The van der Waals surface area contributed by atoms with Crippen molar-refractivity contribution in [2.75, 3.05) is 5.75 Å². The van der Waals surface area contributed by atoms with Crippen LogP contribution in [0.1, 0.15) is 13.3 Å². The fourth-order valence-electron chi connectivity index (χ4n) is 1.22. The summed E-state index contributed by atoms with van der Waals surface area (Å²) in [6, 6.07) is 8.13. The lowest BCUT2D eigenvalue weighted by Gasteiger charge is -1.97. The molecule has 0 unspecified atom stereocenters. The Hall–Kier alpha value is -1.07. The topological polar surface area (TPSA) is 111 Å². The van der Waals surface area contributed by atoms with Crippen LogP contribution in [0.2, 0.25) is 0 Å². The Bertz CT molecular complexity index is 720. The first kappa shape index (κ1) is 17.0. The van der Waals surface area contributed by atoms with Crippen molar-refractivity contribution < 1.29 is 25.0 Å². The second kappa shape index (κ2) is 7.09. The van der Waals surface area contributed by atoms with Gasteiger partial charge in [0.1, 0.15) is 0 Å². The summed E-state index contributed by atoms with van der Waals surface area (Å²) in [5.74, 6) is -0.438. The number of aromatic nitrogens is 1. The van der Waals surface area contributed by atoms with E-state index in [9.17, 15) is 16.8 Å². The summed E-state index contributed by atoms with van der Waals surface area (Å²) in [4.78, 5) is 4.14. The Morgan fingerprint density at radius 1 is 1.25 bits per heavy atom. The van der Waals surface area contributed by atoms with Gasteiger partial charge in [-0.1, -0.05) is 19.1 Å². The minimum atomic E-state index is -4.89. The van der Waals surface area contributed by atoms with Crippen LogP contribution in [0.5, 0.6) is 0 Å². The Kier molecular flexibility index (Phi) is 6.02. The highest BCUT2D eigenvalue weighted by Gasteiger charge is 2.18. The van der Waals surface area contributed by atoms with Gasteiger partial charge in [0, 0.05) is 0 Å². The minimum Gasteiger partial charge on any atom is -0.263 e. The van der Waals surface area contributed by atoms with Gasteiger partial charge in [-0.05, 0) is 18.6 Å². The third-order valence-electron chi connectivity index (χ3n) is 1.88. The molecule has 0 saturated carbocycles. The van der Waals surface area contributed by atoms with Gasteiger partial charge < -0.3 is 0 Å². The molecule has 10 heteroatoms. The highest BCUT2D eigenvalue weighted by atomic mass is 32.3. The first-order valence-electron chi connectivity index (χ1n) is 5.43. The first-order chi connectivity index (χ1) is 9.23. The number of rotatable bonds is 4. The standard InChI is InChI=1S/C7H5NS.C3H8O6S2/c1-2-4-7-6(3-1)8-5-9-7;1-2-3-10(4,5)9-11(6,7)8/h1-5H;2-3H2,1H3,(H,6,7,8). The molecule has 0 amide bonds. The number of hydrogen-bond acceptors (Lipinski definition) is 7. The average Bonchev–Trinajstić information content (AvgIpc) is 2.73. The van der Waals surface area contributed by atoms with Gasteiger partial charge in [-0.25, -0.2) is 4.98 Å². The van der Waals surface area contributed by atoms with Crippen molar-refractivity contribution in [1.82, 2.24) is 4.98 Å². The van der Waals surface area contributed by atoms with Crippen molar-refractivity contribution in [3.63, 3.8) is 0 Å². The maximum Gasteiger partial charge on any atom is 0.412 e. The molecule has 0 aliphatic carbocycles. The van der Waals surface area contributed by atoms with Crippen LogP contribution in [0.3, 0.4) is 0 Å². The van der Waals surface area contributed by atoms with Gasteiger partial charge in [0.2, 0.25) is 0 Å². The molecule has 1 N–H and O–H groups in total. The highest BCUT2D eigenvalue weighted by Crippen LogP contribution is 2.15. The molecule has 7 nitrogen and oxygen atoms in total. The van der Waals surface area contributed by atoms with Crippen molar-refractivity contribution in [3.8, 4) is 0 Å². The zero-order valence-electron chi connectivity index (χ0n) is 10.5. The van der Waals surface area contributed by atoms with Crippen LogP contribution in [0, 0.1) is 0 Å². The lowest BCUT2D eigenvalue weighted by Crippen LogP contribution is -2.15. The van der Waals surface area contributed by atoms with Crippen LogP contribution in [-0.2, 0) is 24.1 Å². The van der Waals surface area contributed by atoms with Gasteiger partial charge in [-0.3, -0.25) is 4.55 Å². The monoisotopic (exact) mass is 339 g/mol. The molecule has 1 aromatic carbocycles. The van der Waals surface area contributed by atoms with E-state index in [4.69, 9.17) is 4.55 Å². The molecule has 1 aromatic heterocycles. The molecular weight excluding hydrogens is 326 g/mol. The Morgan fingerprint density at radius 2 is 1.90 bits per heavy atom. The molecule has 0 atom stereocenters. The van der Waals surface area contributed by atoms with Crippen LogP contribution in [0.15, 0.2) is 29.8 Å². The summed E-state index contributed by atoms with van der Waals surface area (Å²) in [6.07, 6.45) is 0.220. The molecule has 2 aromatic rings. The molecule has 20 heavy (non-hydrogen) atoms. The van der Waals surface area contributed by atoms with Crippen molar-refractivity contribution in [2.24, 2.45) is 0 Å². The fourth-order valence-corrected chi connectivity index (χ4v) is 3.72. The van der Waals surface area contributed by atoms with Crippen LogP contribution < -0.4 is 0 Å². The van der Waals surface area contributed by atoms with Gasteiger partial charge in [-0.15, -0.1) is 15.0 Å². The Balaban J connectivity index is 0.000000202. The van der Waals surface area contributed by atoms with E-state index in [1.165, 1.54) is 11.6 Å². The first-order valence-corrected chi connectivity index (χ1v) is 9.25. The van der Waals surface area contributed by atoms with Crippen molar-refractivity contribution >= 4 is 42.1 Å². The van der Waals surface area contributed by atoms with E-state index in [0.717, 1.165) is 5.52 Å². The van der Waals surface area contributed by atoms with Gasteiger partial charge in [0.25, 0.3) is 10.1 Å². The van der Waals surface area contributed by atoms with E-state index >= 15 is 0 Å². The molecule has 2 rings (SSSR count). The van der Waals surface area contributed by atoms with Crippen molar-refractivity contribution in [3.05, 3.63) is 29.8 Å². The quantitative estimate of drug-likeness (QED) is 0.846. The summed E-state index contributed by atoms with van der Waals surface area (Å²) in [5, 5.41) is 0. The number of benzene rings is 1. The van der Waals surface area contributed by atoms with E-state index in [1.54, 1.807) is 11.3 Å². The lowest BCUT2D eigenvalue weighted by molar-refractivity contribution is 0.383. The van der Waals surface area contributed by atoms with Gasteiger partial charge in [0.15, 0.2) is 0 Å². The maximum absolute atomic E-state index is 10.5. The zero-order chi connectivity index (χ0) is 15.2. The third kappa shape index (κ3) is 6.39. The molecule has 1 heterocycles. The maximum atomic E-state index is 10.5. The molecule has 0 aliphatic rings. The van der Waals surface area contributed by atoms with Crippen LogP contribution in [-0.4, -0.2) is 32.1 Å². The minimum absolute atomic E-state index is 0.220. The number of nitrogens with zero attached hydrogens (tertiary/aromatic N) is 1. The Morgan fingerprint density at radius 3 is 2.45 bits per heavy atom. The molecule has 0 spiro atoms. The molecule has 0 saturated heterocycles. The Labute approximate surface area is 121 Å². The van der Waals surface area contributed by atoms with Crippen LogP contribution in [0.25, 0.3) is 10.2 Å². The van der Waals surface area contributed by atoms with E-state index in [1.807, 2.05) is 23.7 Å². The van der Waals surface area contributed by atoms with E-state index in [0.29, 0.717) is 0 Å². The van der Waals surface area contributed by atoms with Crippen molar-refractivity contribution in [2.45, 2.75) is 13.3 Å². The molecule has 0 fully saturated rings. The number of thiazole rings is 1. The van der Waals surface area contributed by atoms with Gasteiger partial charge in [-0.2, -0.15) is 16.8 Å². The predicted octanol–water partition coefficient (Wildman–Crippen LogP) is 1.84. The molecular formula is C10H13NO6S3. The summed E-state index contributed by atoms with van der Waals surface area (Å²) in [7, 11) is -9.02. The lowest BCUT2D eigenvalue weighted by atomic mass is 10.3. The number of para-hydroxylation sites is 1. The molecule has 0 aliphatic heterocycles. The largest absolute Gasteiger partial charge is 0.412 e. The van der Waals surface area contributed by atoms with E-state index in [2.05, 4.69) is 14.7 Å².